The van der Waals surface area contributed by atoms with Crippen LogP contribution < -0.4 is 4.72 Å². The van der Waals surface area contributed by atoms with E-state index in [1.807, 2.05) is 0 Å². The van der Waals surface area contributed by atoms with Crippen LogP contribution in [-0.4, -0.2) is 48.6 Å². The number of aryl methyl sites for hydroxylation is 2. The molecule has 8 nitrogen and oxygen atoms in total. The van der Waals surface area contributed by atoms with Crippen LogP contribution in [0.4, 0.5) is 0 Å². The topological polar surface area (TPSA) is 108 Å². The van der Waals surface area contributed by atoms with Crippen molar-refractivity contribution in [3.63, 3.8) is 0 Å². The molecule has 2 N–H and O–H groups in total. The van der Waals surface area contributed by atoms with E-state index in [2.05, 4.69) is 14.9 Å². The number of hydrogen-bond acceptors (Lipinski definition) is 5. The van der Waals surface area contributed by atoms with E-state index in [-0.39, 0.29) is 16.8 Å². The standard InChI is InChI=1S/C15H20N4O4S/c1-10-14(11(2)17-16-10)24(21,22)18-12-5-7-19(8-6-12)15(20)13-4-3-9-23-13/h3-4,9,12,18H,5-8H2,1-2H3,(H,16,17). The predicted octanol–water partition coefficient (Wildman–Crippen LogP) is 1.20. The summed E-state index contributed by atoms with van der Waals surface area (Å²) in [7, 11) is -3.62. The number of aromatic amines is 1. The third kappa shape index (κ3) is 3.22. The second-order valence-corrected chi connectivity index (χ2v) is 7.58. The van der Waals surface area contributed by atoms with Gasteiger partial charge in [0.25, 0.3) is 5.91 Å². The maximum Gasteiger partial charge on any atom is 0.289 e. The third-order valence-electron chi connectivity index (χ3n) is 4.17. The molecular formula is C15H20N4O4S. The third-order valence-corrected chi connectivity index (χ3v) is 5.95. The summed E-state index contributed by atoms with van der Waals surface area (Å²) in [4.78, 5) is 14.1. The maximum atomic E-state index is 12.5. The number of H-pyrrole nitrogens is 1. The second-order valence-electron chi connectivity index (χ2n) is 5.93. The average Bonchev–Trinajstić information content (AvgIpc) is 3.17. The maximum absolute atomic E-state index is 12.5. The molecule has 0 spiro atoms. The molecule has 130 valence electrons. The number of carbonyl (C=O) groups excluding carboxylic acids is 1. The van der Waals surface area contributed by atoms with Crippen molar-refractivity contribution in [2.75, 3.05) is 13.1 Å². The summed E-state index contributed by atoms with van der Waals surface area (Å²) in [6, 6.07) is 3.09. The highest BCUT2D eigenvalue weighted by molar-refractivity contribution is 7.89. The summed E-state index contributed by atoms with van der Waals surface area (Å²) < 4.78 is 32.9. The van der Waals surface area contributed by atoms with Crippen LogP contribution in [0.15, 0.2) is 27.7 Å². The monoisotopic (exact) mass is 352 g/mol. The van der Waals surface area contributed by atoms with Crippen molar-refractivity contribution >= 4 is 15.9 Å². The molecule has 9 heteroatoms. The summed E-state index contributed by atoms with van der Waals surface area (Å²) in [5.74, 6) is 0.140. The Balaban J connectivity index is 1.62. The molecule has 0 aliphatic carbocycles. The van der Waals surface area contributed by atoms with E-state index in [0.717, 1.165) is 0 Å². The quantitative estimate of drug-likeness (QED) is 0.859. The lowest BCUT2D eigenvalue weighted by Gasteiger charge is -2.31. The van der Waals surface area contributed by atoms with Gasteiger partial charge < -0.3 is 9.32 Å². The van der Waals surface area contributed by atoms with Crippen molar-refractivity contribution in [1.29, 1.82) is 0 Å². The Kier molecular flexibility index (Phi) is 4.46. The Morgan fingerprint density at radius 1 is 1.38 bits per heavy atom. The van der Waals surface area contributed by atoms with Gasteiger partial charge in [0.15, 0.2) is 5.76 Å². The molecule has 24 heavy (non-hydrogen) atoms. The first-order valence-electron chi connectivity index (χ1n) is 7.75. The number of aromatic nitrogens is 2. The van der Waals surface area contributed by atoms with Crippen LogP contribution >= 0.6 is 0 Å². The predicted molar refractivity (Wildman–Crippen MR) is 86.0 cm³/mol. The van der Waals surface area contributed by atoms with Crippen LogP contribution in [0.2, 0.25) is 0 Å². The fraction of sp³-hybridized carbons (Fsp3) is 0.467. The largest absolute Gasteiger partial charge is 0.459 e. The Hall–Kier alpha value is -2.13. The summed E-state index contributed by atoms with van der Waals surface area (Å²) in [5, 5.41) is 6.62. The van der Waals surface area contributed by atoms with Gasteiger partial charge in [-0.15, -0.1) is 0 Å². The average molecular weight is 352 g/mol. The van der Waals surface area contributed by atoms with E-state index in [0.29, 0.717) is 43.1 Å². The molecule has 0 atom stereocenters. The van der Waals surface area contributed by atoms with Crippen LogP contribution in [0.25, 0.3) is 0 Å². The second kappa shape index (κ2) is 6.40. The van der Waals surface area contributed by atoms with E-state index < -0.39 is 10.0 Å². The lowest BCUT2D eigenvalue weighted by Crippen LogP contribution is -2.46. The van der Waals surface area contributed by atoms with E-state index in [1.165, 1.54) is 6.26 Å². The first kappa shape index (κ1) is 16.7. The smallest absolute Gasteiger partial charge is 0.289 e. The first-order chi connectivity index (χ1) is 11.4. The van der Waals surface area contributed by atoms with E-state index in [1.54, 1.807) is 30.9 Å². The van der Waals surface area contributed by atoms with Gasteiger partial charge in [-0.2, -0.15) is 5.10 Å². The Bertz CT molecular complexity index is 798. The van der Waals surface area contributed by atoms with Gasteiger partial charge in [0, 0.05) is 19.1 Å². The van der Waals surface area contributed by atoms with Crippen LogP contribution in [-0.2, 0) is 10.0 Å². The molecule has 1 amide bonds. The summed E-state index contributed by atoms with van der Waals surface area (Å²) in [6.07, 6.45) is 2.58. The number of furan rings is 1. The Morgan fingerprint density at radius 3 is 2.62 bits per heavy atom. The van der Waals surface area contributed by atoms with Gasteiger partial charge in [-0.1, -0.05) is 0 Å². The zero-order chi connectivity index (χ0) is 17.3. The lowest BCUT2D eigenvalue weighted by atomic mass is 10.1. The van der Waals surface area contributed by atoms with Gasteiger partial charge >= 0.3 is 0 Å². The van der Waals surface area contributed by atoms with Crippen LogP contribution in [0.1, 0.15) is 34.8 Å². The van der Waals surface area contributed by atoms with Crippen LogP contribution in [0, 0.1) is 13.8 Å². The number of nitrogens with one attached hydrogen (secondary N) is 2. The molecule has 0 aromatic carbocycles. The number of amides is 1. The minimum absolute atomic E-state index is 0.164. The lowest BCUT2D eigenvalue weighted by molar-refractivity contribution is 0.0679. The fourth-order valence-electron chi connectivity index (χ4n) is 2.97. The summed E-state index contributed by atoms with van der Waals surface area (Å²) in [6.45, 7) is 4.30. The SMILES string of the molecule is Cc1n[nH]c(C)c1S(=O)(=O)NC1CCN(C(=O)c2ccco2)CC1. The number of carbonyl (C=O) groups is 1. The van der Waals surface area contributed by atoms with Gasteiger partial charge in [0.2, 0.25) is 10.0 Å². The van der Waals surface area contributed by atoms with Crippen molar-refractivity contribution < 1.29 is 17.6 Å². The van der Waals surface area contributed by atoms with Crippen LogP contribution in [0.5, 0.6) is 0 Å². The molecule has 3 rings (SSSR count). The zero-order valence-corrected chi connectivity index (χ0v) is 14.4. The molecule has 0 unspecified atom stereocenters. The van der Waals surface area contributed by atoms with Gasteiger partial charge in [0.05, 0.1) is 17.7 Å². The molecule has 1 aliphatic rings. The molecule has 0 radical (unpaired) electrons. The number of hydrogen-bond donors (Lipinski definition) is 2. The number of rotatable bonds is 4. The van der Waals surface area contributed by atoms with Crippen molar-refractivity contribution in [3.05, 3.63) is 35.5 Å². The molecule has 0 bridgehead atoms. The van der Waals surface area contributed by atoms with Gasteiger partial charge in [0.1, 0.15) is 4.90 Å². The van der Waals surface area contributed by atoms with Crippen molar-refractivity contribution in [3.8, 4) is 0 Å². The Labute approximate surface area is 140 Å². The number of nitrogens with zero attached hydrogens (tertiary/aromatic N) is 2. The normalized spacial score (nSPS) is 16.5. The summed E-state index contributed by atoms with van der Waals surface area (Å²) in [5.41, 5.74) is 0.968. The molecule has 3 heterocycles. The van der Waals surface area contributed by atoms with Crippen molar-refractivity contribution in [2.45, 2.75) is 37.6 Å². The van der Waals surface area contributed by atoms with Gasteiger partial charge in [-0.25, -0.2) is 13.1 Å². The number of piperidine rings is 1. The highest BCUT2D eigenvalue weighted by Crippen LogP contribution is 2.20. The molecule has 1 aliphatic heterocycles. The van der Waals surface area contributed by atoms with E-state index >= 15 is 0 Å². The fourth-order valence-corrected chi connectivity index (χ4v) is 4.65. The van der Waals surface area contributed by atoms with Gasteiger partial charge in [-0.3, -0.25) is 9.89 Å². The number of likely N-dealkylation sites (tertiary alicyclic amines) is 1. The molecule has 1 saturated heterocycles. The minimum Gasteiger partial charge on any atom is -0.459 e. The van der Waals surface area contributed by atoms with E-state index in [4.69, 9.17) is 4.42 Å². The molecule has 2 aromatic rings. The Morgan fingerprint density at radius 2 is 2.08 bits per heavy atom. The highest BCUT2D eigenvalue weighted by atomic mass is 32.2. The number of sulfonamides is 1. The van der Waals surface area contributed by atoms with E-state index in [9.17, 15) is 13.2 Å². The van der Waals surface area contributed by atoms with Crippen molar-refractivity contribution in [2.24, 2.45) is 0 Å². The van der Waals surface area contributed by atoms with Crippen LogP contribution in [0.3, 0.4) is 0 Å². The molecular weight excluding hydrogens is 332 g/mol. The first-order valence-corrected chi connectivity index (χ1v) is 9.23. The van der Waals surface area contributed by atoms with Gasteiger partial charge in [-0.05, 0) is 38.8 Å². The minimum atomic E-state index is -3.62. The molecule has 2 aromatic heterocycles. The molecule has 0 saturated carbocycles. The zero-order valence-electron chi connectivity index (χ0n) is 13.6. The summed E-state index contributed by atoms with van der Waals surface area (Å²) >= 11 is 0. The van der Waals surface area contributed by atoms with Crippen molar-refractivity contribution in [1.82, 2.24) is 19.8 Å². The highest BCUT2D eigenvalue weighted by Gasteiger charge is 2.30. The molecule has 1 fully saturated rings.